The Hall–Kier alpha value is -0.820. The maximum absolute atomic E-state index is 5.68. The second kappa shape index (κ2) is 4.63. The molecule has 0 amide bonds. The highest BCUT2D eigenvalue weighted by Gasteiger charge is 2.47. The summed E-state index contributed by atoms with van der Waals surface area (Å²) in [7, 11) is 0. The summed E-state index contributed by atoms with van der Waals surface area (Å²) < 4.78 is 0. The molecule has 4 aliphatic carbocycles. The van der Waals surface area contributed by atoms with E-state index in [1.807, 2.05) is 0 Å². The highest BCUT2D eigenvalue weighted by Crippen LogP contribution is 2.57. The molecular formula is C18H25N. The van der Waals surface area contributed by atoms with Crippen LogP contribution in [0, 0.1) is 29.6 Å². The molecule has 4 saturated carbocycles. The first-order chi connectivity index (χ1) is 9.31. The Morgan fingerprint density at radius 3 is 1.84 bits per heavy atom. The van der Waals surface area contributed by atoms with Crippen molar-refractivity contribution < 1.29 is 0 Å². The first-order valence-corrected chi connectivity index (χ1v) is 8.09. The summed E-state index contributed by atoms with van der Waals surface area (Å²) in [5.41, 5.74) is 8.47. The van der Waals surface area contributed by atoms with Crippen molar-refractivity contribution in [2.24, 2.45) is 35.3 Å². The molecule has 1 aromatic rings. The van der Waals surface area contributed by atoms with Crippen molar-refractivity contribution in [2.45, 2.75) is 45.1 Å². The smallest absolute Gasteiger partial charge is 0.0178 e. The van der Waals surface area contributed by atoms with Gasteiger partial charge in [0.2, 0.25) is 0 Å². The fraction of sp³-hybridized carbons (Fsp3) is 0.667. The summed E-state index contributed by atoms with van der Waals surface area (Å²) in [4.78, 5) is 0. The Labute approximate surface area is 116 Å². The molecule has 2 N–H and O–H groups in total. The minimum atomic E-state index is 0.665. The first-order valence-electron chi connectivity index (χ1n) is 8.09. The van der Waals surface area contributed by atoms with Crippen LogP contribution >= 0.6 is 0 Å². The van der Waals surface area contributed by atoms with Crippen LogP contribution in [0.5, 0.6) is 0 Å². The summed E-state index contributed by atoms with van der Waals surface area (Å²) in [6.45, 7) is 0.665. The van der Waals surface area contributed by atoms with Crippen LogP contribution in [-0.2, 0) is 13.0 Å². The van der Waals surface area contributed by atoms with Gasteiger partial charge in [-0.3, -0.25) is 0 Å². The van der Waals surface area contributed by atoms with Gasteiger partial charge >= 0.3 is 0 Å². The summed E-state index contributed by atoms with van der Waals surface area (Å²) in [6, 6.07) is 9.05. The van der Waals surface area contributed by atoms with Gasteiger partial charge in [-0.05, 0) is 79.2 Å². The number of nitrogens with two attached hydrogens (primary N) is 1. The Kier molecular flexibility index (Phi) is 2.91. The molecule has 0 radical (unpaired) electrons. The summed E-state index contributed by atoms with van der Waals surface area (Å²) in [6.07, 6.45) is 9.04. The van der Waals surface area contributed by atoms with E-state index < -0.39 is 0 Å². The molecule has 4 fully saturated rings. The van der Waals surface area contributed by atoms with Gasteiger partial charge in [0.05, 0.1) is 0 Å². The second-order valence-corrected chi connectivity index (χ2v) is 7.32. The van der Waals surface area contributed by atoms with Crippen molar-refractivity contribution in [3.63, 3.8) is 0 Å². The van der Waals surface area contributed by atoms with E-state index in [9.17, 15) is 0 Å². The van der Waals surface area contributed by atoms with Crippen LogP contribution in [0.25, 0.3) is 0 Å². The maximum Gasteiger partial charge on any atom is 0.0178 e. The van der Waals surface area contributed by atoms with Gasteiger partial charge in [0, 0.05) is 6.54 Å². The second-order valence-electron chi connectivity index (χ2n) is 7.32. The Balaban J connectivity index is 1.50. The molecule has 4 aliphatic rings. The zero-order valence-electron chi connectivity index (χ0n) is 11.7. The van der Waals surface area contributed by atoms with E-state index in [1.165, 1.54) is 17.5 Å². The molecule has 102 valence electrons. The molecule has 5 rings (SSSR count). The fourth-order valence-corrected chi connectivity index (χ4v) is 5.45. The van der Waals surface area contributed by atoms with Crippen molar-refractivity contribution in [3.8, 4) is 0 Å². The number of hydrogen-bond donors (Lipinski definition) is 1. The molecule has 0 heterocycles. The van der Waals surface area contributed by atoms with E-state index in [-0.39, 0.29) is 0 Å². The van der Waals surface area contributed by atoms with Crippen LogP contribution in [0.3, 0.4) is 0 Å². The van der Waals surface area contributed by atoms with Gasteiger partial charge in [-0.15, -0.1) is 0 Å². The van der Waals surface area contributed by atoms with Gasteiger partial charge < -0.3 is 5.73 Å². The molecule has 19 heavy (non-hydrogen) atoms. The standard InChI is InChI=1S/C18H25N/c19-11-13-3-1-12(2-4-13)10-18-16-6-14-5-15(8-16)9-17(18)7-14/h1-4,14-18H,5-11,19H2. The van der Waals surface area contributed by atoms with Crippen molar-refractivity contribution in [1.82, 2.24) is 0 Å². The monoisotopic (exact) mass is 255 g/mol. The highest BCUT2D eigenvalue weighted by atomic mass is 14.5. The predicted octanol–water partition coefficient (Wildman–Crippen LogP) is 3.76. The SMILES string of the molecule is NCc1ccc(CC2C3CC4CC(C3)CC2C4)cc1. The minimum Gasteiger partial charge on any atom is -0.326 e. The number of rotatable bonds is 3. The number of hydrogen-bond acceptors (Lipinski definition) is 1. The topological polar surface area (TPSA) is 26.0 Å². The number of benzene rings is 1. The molecule has 1 nitrogen and oxygen atoms in total. The average molecular weight is 255 g/mol. The van der Waals surface area contributed by atoms with Crippen LogP contribution in [0.4, 0.5) is 0 Å². The Morgan fingerprint density at radius 2 is 1.32 bits per heavy atom. The van der Waals surface area contributed by atoms with Crippen LogP contribution in [0.15, 0.2) is 24.3 Å². The lowest BCUT2D eigenvalue weighted by molar-refractivity contribution is -0.0360. The van der Waals surface area contributed by atoms with E-state index in [2.05, 4.69) is 24.3 Å². The van der Waals surface area contributed by atoms with E-state index in [1.54, 1.807) is 32.1 Å². The van der Waals surface area contributed by atoms with Crippen LogP contribution < -0.4 is 5.73 Å². The van der Waals surface area contributed by atoms with E-state index in [0.717, 1.165) is 29.6 Å². The van der Waals surface area contributed by atoms with Crippen molar-refractivity contribution in [1.29, 1.82) is 0 Å². The molecule has 0 unspecified atom stereocenters. The molecular weight excluding hydrogens is 230 g/mol. The van der Waals surface area contributed by atoms with Crippen LogP contribution in [-0.4, -0.2) is 0 Å². The minimum absolute atomic E-state index is 0.665. The molecule has 1 heteroatoms. The first kappa shape index (κ1) is 12.0. The third kappa shape index (κ3) is 2.12. The normalized spacial score (nSPS) is 39.7. The highest BCUT2D eigenvalue weighted by molar-refractivity contribution is 5.23. The van der Waals surface area contributed by atoms with Crippen molar-refractivity contribution >= 4 is 0 Å². The van der Waals surface area contributed by atoms with Crippen LogP contribution in [0.1, 0.15) is 43.2 Å². The average Bonchev–Trinajstić information content (AvgIpc) is 2.43. The molecule has 0 aliphatic heterocycles. The van der Waals surface area contributed by atoms with Gasteiger partial charge in [-0.1, -0.05) is 24.3 Å². The van der Waals surface area contributed by atoms with Crippen LogP contribution in [0.2, 0.25) is 0 Å². The van der Waals surface area contributed by atoms with Gasteiger partial charge in [0.1, 0.15) is 0 Å². The fourth-order valence-electron chi connectivity index (χ4n) is 5.45. The lowest BCUT2D eigenvalue weighted by Gasteiger charge is -2.54. The molecule has 0 spiro atoms. The Bertz CT molecular complexity index is 419. The van der Waals surface area contributed by atoms with E-state index in [0.29, 0.717) is 6.54 Å². The summed E-state index contributed by atoms with van der Waals surface area (Å²) in [5.74, 6) is 5.27. The third-order valence-corrected chi connectivity index (χ3v) is 6.15. The quantitative estimate of drug-likeness (QED) is 0.874. The molecule has 0 atom stereocenters. The largest absolute Gasteiger partial charge is 0.326 e. The summed E-state index contributed by atoms with van der Waals surface area (Å²) in [5, 5.41) is 0. The zero-order chi connectivity index (χ0) is 12.8. The van der Waals surface area contributed by atoms with Gasteiger partial charge in [0.25, 0.3) is 0 Å². The predicted molar refractivity (Wildman–Crippen MR) is 78.6 cm³/mol. The zero-order valence-corrected chi connectivity index (χ0v) is 11.7. The van der Waals surface area contributed by atoms with E-state index >= 15 is 0 Å². The molecule has 1 aromatic carbocycles. The van der Waals surface area contributed by atoms with Crippen molar-refractivity contribution in [3.05, 3.63) is 35.4 Å². The van der Waals surface area contributed by atoms with Gasteiger partial charge in [0.15, 0.2) is 0 Å². The third-order valence-electron chi connectivity index (χ3n) is 6.15. The molecule has 4 bridgehead atoms. The lowest BCUT2D eigenvalue weighted by Crippen LogP contribution is -2.45. The Morgan fingerprint density at radius 1 is 0.789 bits per heavy atom. The lowest BCUT2D eigenvalue weighted by atomic mass is 9.51. The maximum atomic E-state index is 5.68. The molecule has 0 saturated heterocycles. The molecule has 0 aromatic heterocycles. The van der Waals surface area contributed by atoms with Gasteiger partial charge in [-0.2, -0.15) is 0 Å². The summed E-state index contributed by atoms with van der Waals surface area (Å²) >= 11 is 0. The van der Waals surface area contributed by atoms with Crippen molar-refractivity contribution in [2.75, 3.05) is 0 Å². The van der Waals surface area contributed by atoms with Gasteiger partial charge in [-0.25, -0.2) is 0 Å². The van der Waals surface area contributed by atoms with E-state index in [4.69, 9.17) is 5.73 Å².